The molecule has 1 aromatic rings. The molecule has 5 nitrogen and oxygen atoms in total. The molecule has 0 N–H and O–H groups in total. The van der Waals surface area contributed by atoms with E-state index in [0.717, 1.165) is 56.7 Å². The third kappa shape index (κ3) is 3.10. The molecule has 0 radical (unpaired) electrons. The van der Waals surface area contributed by atoms with E-state index in [1.807, 2.05) is 6.92 Å². The predicted molar refractivity (Wildman–Crippen MR) is 96.3 cm³/mol. The zero-order valence-corrected chi connectivity index (χ0v) is 15.7. The molecule has 2 fully saturated rings. The average Bonchev–Trinajstić information content (AvgIpc) is 3.17. The average molecular weight is 332 g/mol. The summed E-state index contributed by atoms with van der Waals surface area (Å²) in [5.41, 5.74) is 2.19. The van der Waals surface area contributed by atoms with Crippen LogP contribution >= 0.6 is 0 Å². The molecule has 134 valence electrons. The lowest BCUT2D eigenvalue weighted by Gasteiger charge is -2.37. The Kier molecular flexibility index (Phi) is 5.00. The van der Waals surface area contributed by atoms with E-state index in [4.69, 9.17) is 0 Å². The highest BCUT2D eigenvalue weighted by molar-refractivity contribution is 5.95. The lowest BCUT2D eigenvalue weighted by atomic mass is 9.78. The Morgan fingerprint density at radius 2 is 1.83 bits per heavy atom. The summed E-state index contributed by atoms with van der Waals surface area (Å²) in [6.07, 6.45) is 7.49. The predicted octanol–water partition coefficient (Wildman–Crippen LogP) is 3.11. The molecular weight excluding hydrogens is 300 g/mol. The van der Waals surface area contributed by atoms with E-state index in [-0.39, 0.29) is 5.91 Å². The number of hydrogen-bond donors (Lipinski definition) is 0. The van der Waals surface area contributed by atoms with Crippen molar-refractivity contribution in [3.63, 3.8) is 0 Å². The minimum atomic E-state index is 0.181. The number of likely N-dealkylation sites (tertiary alicyclic amines) is 2. The number of aromatic nitrogens is 2. The van der Waals surface area contributed by atoms with Crippen molar-refractivity contribution in [2.75, 3.05) is 33.2 Å². The second-order valence-corrected chi connectivity index (χ2v) is 7.84. The van der Waals surface area contributed by atoms with Gasteiger partial charge in [0.2, 0.25) is 0 Å². The molecule has 0 atom stereocenters. The molecule has 1 aromatic heterocycles. The summed E-state index contributed by atoms with van der Waals surface area (Å²) in [4.78, 5) is 17.5. The number of amides is 1. The van der Waals surface area contributed by atoms with Gasteiger partial charge in [0.25, 0.3) is 5.91 Å². The molecule has 5 heteroatoms. The highest BCUT2D eigenvalue weighted by atomic mass is 16.2. The molecule has 3 rings (SSSR count). The first-order valence-electron chi connectivity index (χ1n) is 9.51. The molecule has 2 aliphatic heterocycles. The van der Waals surface area contributed by atoms with Crippen LogP contribution in [0.15, 0.2) is 6.20 Å². The fraction of sp³-hybridized carbons (Fsp3) is 0.789. The molecule has 0 bridgehead atoms. The van der Waals surface area contributed by atoms with Gasteiger partial charge in [-0.2, -0.15) is 5.10 Å². The Morgan fingerprint density at radius 3 is 2.46 bits per heavy atom. The largest absolute Gasteiger partial charge is 0.338 e. The van der Waals surface area contributed by atoms with Crippen LogP contribution in [0.1, 0.15) is 68.0 Å². The smallest absolute Gasteiger partial charge is 0.257 e. The summed E-state index contributed by atoms with van der Waals surface area (Å²) in [6.45, 7) is 10.6. The Labute approximate surface area is 146 Å². The fourth-order valence-corrected chi connectivity index (χ4v) is 4.42. The summed E-state index contributed by atoms with van der Waals surface area (Å²) in [6, 6.07) is 0.394. The van der Waals surface area contributed by atoms with Crippen LogP contribution in [0.25, 0.3) is 0 Å². The second-order valence-electron chi connectivity index (χ2n) is 7.84. The van der Waals surface area contributed by atoms with E-state index >= 15 is 0 Å². The van der Waals surface area contributed by atoms with Crippen molar-refractivity contribution in [3.8, 4) is 0 Å². The number of carbonyl (C=O) groups is 1. The molecule has 2 aliphatic rings. The van der Waals surface area contributed by atoms with Crippen LogP contribution in [0.5, 0.6) is 0 Å². The molecule has 0 saturated carbocycles. The van der Waals surface area contributed by atoms with Crippen LogP contribution in [0, 0.1) is 12.3 Å². The first-order chi connectivity index (χ1) is 11.5. The number of nitrogens with zero attached hydrogens (tertiary/aromatic N) is 4. The zero-order chi connectivity index (χ0) is 17.3. The van der Waals surface area contributed by atoms with Crippen molar-refractivity contribution in [1.29, 1.82) is 0 Å². The van der Waals surface area contributed by atoms with Crippen molar-refractivity contribution >= 4 is 5.91 Å². The van der Waals surface area contributed by atoms with Gasteiger partial charge >= 0.3 is 0 Å². The third-order valence-corrected chi connectivity index (χ3v) is 6.34. The molecule has 0 aromatic carbocycles. The standard InChI is InChI=1S/C19H32N4O/c1-5-16(6-2)23-15(3)17(13-20-23)18(24)22-12-9-19(14-22)7-10-21(4)11-8-19/h13,16H,5-12,14H2,1-4H3. The van der Waals surface area contributed by atoms with Gasteiger partial charge in [-0.1, -0.05) is 13.8 Å². The van der Waals surface area contributed by atoms with Crippen molar-refractivity contribution in [2.45, 2.75) is 58.9 Å². The third-order valence-electron chi connectivity index (χ3n) is 6.34. The minimum absolute atomic E-state index is 0.181. The molecule has 24 heavy (non-hydrogen) atoms. The molecule has 3 heterocycles. The van der Waals surface area contributed by atoms with Crippen molar-refractivity contribution < 1.29 is 4.79 Å². The molecule has 1 spiro atoms. The van der Waals surface area contributed by atoms with Crippen molar-refractivity contribution in [1.82, 2.24) is 19.6 Å². The van der Waals surface area contributed by atoms with Gasteiger partial charge in [-0.25, -0.2) is 0 Å². The quantitative estimate of drug-likeness (QED) is 0.851. The minimum Gasteiger partial charge on any atom is -0.338 e. The topological polar surface area (TPSA) is 41.4 Å². The summed E-state index contributed by atoms with van der Waals surface area (Å²) in [7, 11) is 2.19. The molecule has 2 saturated heterocycles. The monoisotopic (exact) mass is 332 g/mol. The number of piperidine rings is 1. The van der Waals surface area contributed by atoms with E-state index < -0.39 is 0 Å². The summed E-state index contributed by atoms with van der Waals surface area (Å²) >= 11 is 0. The fourth-order valence-electron chi connectivity index (χ4n) is 4.42. The van der Waals surface area contributed by atoms with Crippen LogP contribution in [-0.4, -0.2) is 58.7 Å². The summed E-state index contributed by atoms with van der Waals surface area (Å²) in [5, 5.41) is 4.53. The highest BCUT2D eigenvalue weighted by Gasteiger charge is 2.42. The van der Waals surface area contributed by atoms with Gasteiger partial charge in [0.1, 0.15) is 0 Å². The van der Waals surface area contributed by atoms with Crippen molar-refractivity contribution in [2.24, 2.45) is 5.41 Å². The SMILES string of the molecule is CCC(CC)n1ncc(C(=O)N2CCC3(CCN(C)CC3)C2)c1C. The van der Waals surface area contributed by atoms with Gasteiger partial charge in [-0.05, 0) is 64.6 Å². The van der Waals surface area contributed by atoms with Crippen LogP contribution in [0.4, 0.5) is 0 Å². The van der Waals surface area contributed by atoms with Crippen LogP contribution in [0.2, 0.25) is 0 Å². The Bertz CT molecular complexity index is 582. The Hall–Kier alpha value is -1.36. The van der Waals surface area contributed by atoms with E-state index in [0.29, 0.717) is 11.5 Å². The highest BCUT2D eigenvalue weighted by Crippen LogP contribution is 2.40. The first kappa shape index (κ1) is 17.5. The lowest BCUT2D eigenvalue weighted by molar-refractivity contribution is 0.0735. The Balaban J connectivity index is 1.72. The summed E-state index contributed by atoms with van der Waals surface area (Å²) < 4.78 is 2.05. The molecule has 0 unspecified atom stereocenters. The van der Waals surface area contributed by atoms with E-state index in [2.05, 4.69) is 40.5 Å². The first-order valence-corrected chi connectivity index (χ1v) is 9.51. The molecule has 1 amide bonds. The van der Waals surface area contributed by atoms with Crippen LogP contribution in [-0.2, 0) is 0 Å². The van der Waals surface area contributed by atoms with Gasteiger partial charge < -0.3 is 9.80 Å². The lowest BCUT2D eigenvalue weighted by Crippen LogP contribution is -2.40. The number of carbonyl (C=O) groups excluding carboxylic acids is 1. The van der Waals surface area contributed by atoms with Crippen LogP contribution in [0.3, 0.4) is 0 Å². The zero-order valence-electron chi connectivity index (χ0n) is 15.7. The van der Waals surface area contributed by atoms with E-state index in [1.54, 1.807) is 6.20 Å². The van der Waals surface area contributed by atoms with E-state index in [1.165, 1.54) is 12.8 Å². The maximum absolute atomic E-state index is 13.0. The number of hydrogen-bond acceptors (Lipinski definition) is 3. The van der Waals surface area contributed by atoms with Gasteiger partial charge in [0, 0.05) is 18.8 Å². The maximum atomic E-state index is 13.0. The molecule has 0 aliphatic carbocycles. The second kappa shape index (κ2) is 6.87. The van der Waals surface area contributed by atoms with Gasteiger partial charge in [0.15, 0.2) is 0 Å². The van der Waals surface area contributed by atoms with Gasteiger partial charge in [-0.15, -0.1) is 0 Å². The van der Waals surface area contributed by atoms with Gasteiger partial charge in [0.05, 0.1) is 17.8 Å². The van der Waals surface area contributed by atoms with E-state index in [9.17, 15) is 4.79 Å². The maximum Gasteiger partial charge on any atom is 0.257 e. The Morgan fingerprint density at radius 1 is 1.21 bits per heavy atom. The summed E-state index contributed by atoms with van der Waals surface area (Å²) in [5.74, 6) is 0.181. The molecular formula is C19H32N4O. The normalized spacial score (nSPS) is 21.1. The number of rotatable bonds is 4. The van der Waals surface area contributed by atoms with Crippen LogP contribution < -0.4 is 0 Å². The van der Waals surface area contributed by atoms with Crippen molar-refractivity contribution in [3.05, 3.63) is 17.5 Å². The van der Waals surface area contributed by atoms with Gasteiger partial charge in [-0.3, -0.25) is 9.48 Å².